The molecule has 0 bridgehead atoms. The first-order valence-electron chi connectivity index (χ1n) is 5.24. The lowest BCUT2D eigenvalue weighted by molar-refractivity contribution is 0.585. The van der Waals surface area contributed by atoms with Gasteiger partial charge in [0, 0.05) is 37.0 Å². The molecule has 1 N–H and O–H groups in total. The van der Waals surface area contributed by atoms with Crippen molar-refractivity contribution in [2.75, 3.05) is 7.05 Å². The van der Waals surface area contributed by atoms with Gasteiger partial charge >= 0.3 is 0 Å². The topological polar surface area (TPSA) is 29.9 Å². The lowest BCUT2D eigenvalue weighted by atomic mass is 10.1. The summed E-state index contributed by atoms with van der Waals surface area (Å²) in [6.45, 7) is 0.583. The number of nitrogens with zero attached hydrogens (tertiary/aromatic N) is 2. The molecule has 0 aliphatic carbocycles. The van der Waals surface area contributed by atoms with Gasteiger partial charge in [-0.3, -0.25) is 4.68 Å². The Labute approximate surface area is 98.1 Å². The summed E-state index contributed by atoms with van der Waals surface area (Å²) >= 11 is 0. The number of aryl methyl sites for hydroxylation is 1. The van der Waals surface area contributed by atoms with Gasteiger partial charge in [0.15, 0.2) is 0 Å². The molecule has 0 atom stereocenters. The molecule has 1 heterocycles. The summed E-state index contributed by atoms with van der Waals surface area (Å²) in [7, 11) is 3.57. The average molecular weight is 237 g/mol. The van der Waals surface area contributed by atoms with E-state index in [1.54, 1.807) is 18.8 Å². The molecule has 0 unspecified atom stereocenters. The molecule has 90 valence electrons. The van der Waals surface area contributed by atoms with Crippen molar-refractivity contribution in [2.24, 2.45) is 7.05 Å². The van der Waals surface area contributed by atoms with Gasteiger partial charge in [-0.05, 0) is 19.2 Å². The van der Waals surface area contributed by atoms with Crippen LogP contribution in [0.25, 0.3) is 11.3 Å². The zero-order valence-corrected chi connectivity index (χ0v) is 9.67. The molecule has 1 aromatic carbocycles. The second-order valence-electron chi connectivity index (χ2n) is 3.83. The normalized spacial score (nSPS) is 10.8. The maximum absolute atomic E-state index is 13.7. The van der Waals surface area contributed by atoms with Gasteiger partial charge < -0.3 is 5.32 Å². The Balaban J connectivity index is 2.51. The van der Waals surface area contributed by atoms with Crippen molar-refractivity contribution in [2.45, 2.75) is 6.54 Å². The number of nitrogens with one attached hydrogen (secondary N) is 1. The summed E-state index contributed by atoms with van der Waals surface area (Å²) in [5.74, 6) is -1.18. The van der Waals surface area contributed by atoms with Gasteiger partial charge in [-0.25, -0.2) is 8.78 Å². The lowest BCUT2D eigenvalue weighted by Gasteiger charge is -2.03. The van der Waals surface area contributed by atoms with E-state index < -0.39 is 11.6 Å². The fourth-order valence-electron chi connectivity index (χ4n) is 1.77. The van der Waals surface area contributed by atoms with Crippen LogP contribution in [-0.2, 0) is 13.6 Å². The quantitative estimate of drug-likeness (QED) is 0.885. The van der Waals surface area contributed by atoms with Crippen LogP contribution >= 0.6 is 0 Å². The number of aromatic nitrogens is 2. The van der Waals surface area contributed by atoms with Crippen LogP contribution < -0.4 is 5.32 Å². The van der Waals surface area contributed by atoms with E-state index in [1.807, 2.05) is 6.20 Å². The SMILES string of the molecule is CNCc1cn(C)nc1-c1ccc(F)cc1F. The minimum absolute atomic E-state index is 0.317. The minimum Gasteiger partial charge on any atom is -0.316 e. The highest BCUT2D eigenvalue weighted by molar-refractivity contribution is 5.63. The van der Waals surface area contributed by atoms with Gasteiger partial charge in [-0.1, -0.05) is 0 Å². The molecule has 2 aromatic rings. The van der Waals surface area contributed by atoms with Crippen LogP contribution in [-0.4, -0.2) is 16.8 Å². The second-order valence-corrected chi connectivity index (χ2v) is 3.83. The van der Waals surface area contributed by atoms with E-state index in [-0.39, 0.29) is 0 Å². The summed E-state index contributed by atoms with van der Waals surface area (Å²) in [6.07, 6.45) is 1.81. The standard InChI is InChI=1S/C12H13F2N3/c1-15-6-8-7-17(2)16-12(8)10-4-3-9(13)5-11(10)14/h3-5,7,15H,6H2,1-2H3. The van der Waals surface area contributed by atoms with Gasteiger partial charge in [0.25, 0.3) is 0 Å². The summed E-state index contributed by atoms with van der Waals surface area (Å²) in [5, 5.41) is 7.19. The van der Waals surface area contributed by atoms with E-state index in [1.165, 1.54) is 12.1 Å². The van der Waals surface area contributed by atoms with E-state index >= 15 is 0 Å². The van der Waals surface area contributed by atoms with E-state index in [0.717, 1.165) is 11.6 Å². The molecule has 0 amide bonds. The molecular formula is C12H13F2N3. The fourth-order valence-corrected chi connectivity index (χ4v) is 1.77. The van der Waals surface area contributed by atoms with E-state index in [4.69, 9.17) is 0 Å². The molecule has 0 saturated carbocycles. The zero-order chi connectivity index (χ0) is 12.4. The Morgan fingerprint density at radius 1 is 1.35 bits per heavy atom. The first-order valence-corrected chi connectivity index (χ1v) is 5.24. The van der Waals surface area contributed by atoms with Gasteiger partial charge in [0.1, 0.15) is 11.6 Å². The summed E-state index contributed by atoms with van der Waals surface area (Å²) < 4.78 is 28.1. The molecule has 0 radical (unpaired) electrons. The van der Waals surface area contributed by atoms with Gasteiger partial charge in [-0.15, -0.1) is 0 Å². The zero-order valence-electron chi connectivity index (χ0n) is 9.67. The first kappa shape index (κ1) is 11.7. The molecule has 1 aromatic heterocycles. The summed E-state index contributed by atoms with van der Waals surface area (Å²) in [6, 6.07) is 3.51. The van der Waals surface area contributed by atoms with Crippen LogP contribution in [0.15, 0.2) is 24.4 Å². The monoisotopic (exact) mass is 237 g/mol. The van der Waals surface area contributed by atoms with Crippen LogP contribution in [0.2, 0.25) is 0 Å². The molecule has 2 rings (SSSR count). The highest BCUT2D eigenvalue weighted by atomic mass is 19.1. The number of benzene rings is 1. The van der Waals surface area contributed by atoms with Gasteiger partial charge in [0.2, 0.25) is 0 Å². The van der Waals surface area contributed by atoms with Crippen LogP contribution in [0.3, 0.4) is 0 Å². The van der Waals surface area contributed by atoms with Crippen molar-refractivity contribution in [3.05, 3.63) is 41.6 Å². The Kier molecular flexibility index (Phi) is 3.19. The number of hydrogen-bond acceptors (Lipinski definition) is 2. The van der Waals surface area contributed by atoms with Crippen molar-refractivity contribution in [1.29, 1.82) is 0 Å². The Morgan fingerprint density at radius 3 is 2.76 bits per heavy atom. The smallest absolute Gasteiger partial charge is 0.135 e. The molecule has 0 saturated heterocycles. The largest absolute Gasteiger partial charge is 0.316 e. The Bertz CT molecular complexity index is 535. The Morgan fingerprint density at radius 2 is 2.12 bits per heavy atom. The first-order chi connectivity index (χ1) is 8.11. The van der Waals surface area contributed by atoms with E-state index in [9.17, 15) is 8.78 Å². The number of halogens is 2. The third kappa shape index (κ3) is 2.34. The number of hydrogen-bond donors (Lipinski definition) is 1. The molecule has 3 nitrogen and oxygen atoms in total. The second kappa shape index (κ2) is 4.63. The lowest BCUT2D eigenvalue weighted by Crippen LogP contribution is -2.05. The predicted octanol–water partition coefficient (Wildman–Crippen LogP) is 2.08. The average Bonchev–Trinajstić information content (AvgIpc) is 2.60. The molecule has 0 aliphatic heterocycles. The van der Waals surface area contributed by atoms with Crippen LogP contribution in [0, 0.1) is 11.6 Å². The van der Waals surface area contributed by atoms with Crippen LogP contribution in [0.4, 0.5) is 8.78 Å². The minimum atomic E-state index is -0.596. The van der Waals surface area contributed by atoms with Crippen LogP contribution in [0.1, 0.15) is 5.56 Å². The van der Waals surface area contributed by atoms with E-state index in [0.29, 0.717) is 17.8 Å². The third-order valence-electron chi connectivity index (χ3n) is 2.46. The van der Waals surface area contributed by atoms with E-state index in [2.05, 4.69) is 10.4 Å². The van der Waals surface area contributed by atoms with Crippen molar-refractivity contribution in [3.8, 4) is 11.3 Å². The van der Waals surface area contributed by atoms with Crippen molar-refractivity contribution in [1.82, 2.24) is 15.1 Å². The fraction of sp³-hybridized carbons (Fsp3) is 0.250. The predicted molar refractivity (Wildman–Crippen MR) is 61.3 cm³/mol. The van der Waals surface area contributed by atoms with Crippen molar-refractivity contribution >= 4 is 0 Å². The Hall–Kier alpha value is -1.75. The molecule has 0 spiro atoms. The maximum Gasteiger partial charge on any atom is 0.135 e. The van der Waals surface area contributed by atoms with Crippen molar-refractivity contribution < 1.29 is 8.78 Å². The molecule has 5 heteroatoms. The summed E-state index contributed by atoms with van der Waals surface area (Å²) in [4.78, 5) is 0. The van der Waals surface area contributed by atoms with Crippen LogP contribution in [0.5, 0.6) is 0 Å². The van der Waals surface area contributed by atoms with Gasteiger partial charge in [-0.2, -0.15) is 5.10 Å². The molecule has 0 aliphatic rings. The third-order valence-corrected chi connectivity index (χ3v) is 2.46. The highest BCUT2D eigenvalue weighted by Crippen LogP contribution is 2.25. The number of rotatable bonds is 3. The highest BCUT2D eigenvalue weighted by Gasteiger charge is 2.14. The molecule has 0 fully saturated rings. The summed E-state index contributed by atoms with van der Waals surface area (Å²) in [5.41, 5.74) is 1.73. The van der Waals surface area contributed by atoms with Gasteiger partial charge in [0.05, 0.1) is 5.69 Å². The molecule has 17 heavy (non-hydrogen) atoms. The van der Waals surface area contributed by atoms with Crippen molar-refractivity contribution in [3.63, 3.8) is 0 Å². The molecular weight excluding hydrogens is 224 g/mol. The maximum atomic E-state index is 13.7.